The minimum Gasteiger partial charge on any atom is -0.489 e. The van der Waals surface area contributed by atoms with Crippen LogP contribution >= 0.6 is 11.6 Å². The number of allylic oxidation sites excluding steroid dienone is 1. The smallest absolute Gasteiger partial charge is 0.133 e. The topological polar surface area (TPSA) is 27.1 Å². The summed E-state index contributed by atoms with van der Waals surface area (Å²) >= 11 is 6.52. The van der Waals surface area contributed by atoms with E-state index in [-0.39, 0.29) is 0 Å². The van der Waals surface area contributed by atoms with E-state index in [9.17, 15) is 0 Å². The fourth-order valence-electron chi connectivity index (χ4n) is 4.58. The Labute approximate surface area is 242 Å². The summed E-state index contributed by atoms with van der Waals surface area (Å²) in [4.78, 5) is 4.88. The first-order valence-electron chi connectivity index (χ1n) is 13.5. The lowest BCUT2D eigenvalue weighted by atomic mass is 10.0. The summed E-state index contributed by atoms with van der Waals surface area (Å²) in [5.74, 6) is 1.74. The lowest BCUT2D eigenvalue weighted by molar-refractivity contribution is 0.306. The number of hydrogen-bond donors (Lipinski definition) is 0. The van der Waals surface area contributed by atoms with Crippen LogP contribution in [0, 0.1) is 6.92 Å². The number of rotatable bonds is 9. The first-order chi connectivity index (χ1) is 19.4. The van der Waals surface area contributed by atoms with Crippen molar-refractivity contribution in [3.05, 3.63) is 137 Å². The van der Waals surface area contributed by atoms with E-state index in [1.807, 2.05) is 38.1 Å². The largest absolute Gasteiger partial charge is 0.489 e. The third-order valence-electron chi connectivity index (χ3n) is 6.88. The molecule has 3 nitrogen and oxygen atoms in total. The van der Waals surface area contributed by atoms with Crippen molar-refractivity contribution in [2.24, 2.45) is 0 Å². The van der Waals surface area contributed by atoms with Gasteiger partial charge in [-0.25, -0.2) is 4.98 Å². The lowest BCUT2D eigenvalue weighted by Gasteiger charge is -2.10. The molecule has 1 heterocycles. The van der Waals surface area contributed by atoms with Gasteiger partial charge in [0.1, 0.15) is 18.2 Å². The number of aromatic nitrogens is 2. The van der Waals surface area contributed by atoms with Gasteiger partial charge in [-0.05, 0) is 84.5 Å². The Morgan fingerprint density at radius 3 is 2.40 bits per heavy atom. The second-order valence-corrected chi connectivity index (χ2v) is 10.4. The highest BCUT2D eigenvalue weighted by molar-refractivity contribution is 6.33. The molecule has 5 aromatic rings. The van der Waals surface area contributed by atoms with Crippen LogP contribution in [0.5, 0.6) is 5.75 Å². The molecule has 0 aliphatic rings. The van der Waals surface area contributed by atoms with Crippen molar-refractivity contribution < 1.29 is 4.74 Å². The first kappa shape index (κ1) is 27.2. The maximum absolute atomic E-state index is 6.52. The number of nitrogens with zero attached hydrogens (tertiary/aromatic N) is 2. The number of imidazole rings is 1. The summed E-state index contributed by atoms with van der Waals surface area (Å²) in [7, 11) is 0. The van der Waals surface area contributed by atoms with Crippen LogP contribution in [0.2, 0.25) is 5.02 Å². The third kappa shape index (κ3) is 6.44. The van der Waals surface area contributed by atoms with E-state index in [2.05, 4.69) is 103 Å². The molecule has 0 saturated carbocycles. The number of benzene rings is 4. The monoisotopic (exact) mass is 544 g/mol. The van der Waals surface area contributed by atoms with Gasteiger partial charge in [0.25, 0.3) is 0 Å². The van der Waals surface area contributed by atoms with Crippen LogP contribution in [-0.4, -0.2) is 9.55 Å². The van der Waals surface area contributed by atoms with Gasteiger partial charge < -0.3 is 9.30 Å². The molecule has 0 aliphatic carbocycles. The van der Waals surface area contributed by atoms with Crippen LogP contribution in [0.15, 0.2) is 104 Å². The van der Waals surface area contributed by atoms with Gasteiger partial charge in [-0.2, -0.15) is 0 Å². The minimum absolute atomic E-state index is 0.516. The van der Waals surface area contributed by atoms with Gasteiger partial charge >= 0.3 is 0 Å². The molecule has 0 atom stereocenters. The van der Waals surface area contributed by atoms with Crippen molar-refractivity contribution in [3.8, 4) is 28.1 Å². The fourth-order valence-corrected chi connectivity index (χ4v) is 4.92. The molecule has 0 bridgehead atoms. The molecule has 5 rings (SSSR count). The van der Waals surface area contributed by atoms with E-state index in [1.165, 1.54) is 0 Å². The summed E-state index contributed by atoms with van der Waals surface area (Å²) in [5, 5.41) is 0.718. The molecule has 0 radical (unpaired) electrons. The van der Waals surface area contributed by atoms with E-state index in [0.29, 0.717) is 6.61 Å². The summed E-state index contributed by atoms with van der Waals surface area (Å²) in [5.41, 5.74) is 9.63. The van der Waals surface area contributed by atoms with Crippen molar-refractivity contribution in [2.75, 3.05) is 0 Å². The van der Waals surface area contributed by atoms with Crippen LogP contribution in [-0.2, 0) is 13.2 Å². The van der Waals surface area contributed by atoms with E-state index in [4.69, 9.17) is 21.3 Å². The first-order valence-corrected chi connectivity index (χ1v) is 13.9. The van der Waals surface area contributed by atoms with Gasteiger partial charge in [-0.15, -0.1) is 0 Å². The summed E-state index contributed by atoms with van der Waals surface area (Å²) in [6.45, 7) is 11.5. The average Bonchev–Trinajstić information content (AvgIpc) is 3.38. The van der Waals surface area contributed by atoms with Crippen molar-refractivity contribution in [1.29, 1.82) is 0 Å². The Morgan fingerprint density at radius 1 is 0.925 bits per heavy atom. The van der Waals surface area contributed by atoms with Gasteiger partial charge in [0.2, 0.25) is 0 Å². The SMILES string of the molecule is C=C(C)c1ccc(COc2cccc(-c3cccc(/C=C/c4nc(-c5ccc(C)cc5Cl)cn4CC)c3)c2)cc1. The Balaban J connectivity index is 1.32. The zero-order chi connectivity index (χ0) is 28.1. The molecule has 1 aromatic heterocycles. The maximum atomic E-state index is 6.52. The van der Waals surface area contributed by atoms with Crippen LogP contribution in [0.3, 0.4) is 0 Å². The normalized spacial score (nSPS) is 11.2. The summed E-state index contributed by atoms with van der Waals surface area (Å²) < 4.78 is 8.25. The van der Waals surface area contributed by atoms with E-state index < -0.39 is 0 Å². The zero-order valence-electron chi connectivity index (χ0n) is 23.2. The predicted octanol–water partition coefficient (Wildman–Crippen LogP) is 9.98. The van der Waals surface area contributed by atoms with Crippen LogP contribution in [0.25, 0.3) is 40.1 Å². The van der Waals surface area contributed by atoms with E-state index in [0.717, 1.165) is 73.4 Å². The van der Waals surface area contributed by atoms with Gasteiger partial charge in [0.15, 0.2) is 0 Å². The summed E-state index contributed by atoms with van der Waals surface area (Å²) in [6, 6.07) is 31.1. The highest BCUT2D eigenvalue weighted by Crippen LogP contribution is 2.29. The summed E-state index contributed by atoms with van der Waals surface area (Å²) in [6.07, 6.45) is 6.23. The molecule has 0 saturated heterocycles. The number of halogens is 1. The van der Waals surface area contributed by atoms with Gasteiger partial charge in [0, 0.05) is 18.3 Å². The third-order valence-corrected chi connectivity index (χ3v) is 7.19. The molecule has 0 spiro atoms. The molecule has 0 fully saturated rings. The Bertz CT molecular complexity index is 1680. The van der Waals surface area contributed by atoms with Gasteiger partial charge in [-0.1, -0.05) is 96.6 Å². The van der Waals surface area contributed by atoms with E-state index in [1.54, 1.807) is 0 Å². The Kier molecular flexibility index (Phi) is 8.33. The van der Waals surface area contributed by atoms with E-state index >= 15 is 0 Å². The molecular formula is C36H33ClN2O. The number of hydrogen-bond acceptors (Lipinski definition) is 2. The maximum Gasteiger partial charge on any atom is 0.133 e. The molecule has 0 unspecified atom stereocenters. The quantitative estimate of drug-likeness (QED) is 0.184. The molecule has 4 heteroatoms. The van der Waals surface area contributed by atoms with Crippen LogP contribution in [0.4, 0.5) is 0 Å². The van der Waals surface area contributed by atoms with Crippen LogP contribution in [0.1, 0.15) is 41.9 Å². The fraction of sp³-hybridized carbons (Fsp3) is 0.139. The second kappa shape index (κ2) is 12.2. The Hall–Kier alpha value is -4.34. The molecule has 0 aliphatic heterocycles. The highest BCUT2D eigenvalue weighted by Gasteiger charge is 2.10. The highest BCUT2D eigenvalue weighted by atomic mass is 35.5. The van der Waals surface area contributed by atoms with Gasteiger partial charge in [-0.3, -0.25) is 0 Å². The molecular weight excluding hydrogens is 512 g/mol. The van der Waals surface area contributed by atoms with Crippen LogP contribution < -0.4 is 4.74 Å². The van der Waals surface area contributed by atoms with Crippen molar-refractivity contribution in [2.45, 2.75) is 33.9 Å². The zero-order valence-corrected chi connectivity index (χ0v) is 24.0. The van der Waals surface area contributed by atoms with Crippen molar-refractivity contribution in [3.63, 3.8) is 0 Å². The lowest BCUT2D eigenvalue weighted by Crippen LogP contribution is -1.95. The Morgan fingerprint density at radius 2 is 1.68 bits per heavy atom. The molecule has 4 aromatic carbocycles. The standard InChI is InChI=1S/C36H33ClN2O/c1-5-39-23-35(33-18-12-26(4)20-34(33)37)38-36(39)19-15-27-8-6-9-30(21-27)31-10-7-11-32(22-31)40-24-28-13-16-29(17-14-28)25(2)3/h6-23H,2,5,24H2,1,3-4H3/b19-15+. The molecule has 40 heavy (non-hydrogen) atoms. The number of aryl methyl sites for hydroxylation is 2. The number of ether oxygens (including phenoxy) is 1. The van der Waals surface area contributed by atoms with Crippen molar-refractivity contribution in [1.82, 2.24) is 9.55 Å². The molecule has 200 valence electrons. The second-order valence-electron chi connectivity index (χ2n) is 10.0. The van der Waals surface area contributed by atoms with Crippen molar-refractivity contribution >= 4 is 29.3 Å². The predicted molar refractivity (Wildman–Crippen MR) is 169 cm³/mol. The average molecular weight is 545 g/mol. The molecule has 0 N–H and O–H groups in total. The minimum atomic E-state index is 0.516. The van der Waals surface area contributed by atoms with Gasteiger partial charge in [0.05, 0.1) is 10.7 Å². The molecule has 0 amide bonds.